The average Bonchev–Trinajstić information content (AvgIpc) is 1.91. The third-order valence-electron chi connectivity index (χ3n) is 0.689. The average molecular weight is 162 g/mol. The zero-order chi connectivity index (χ0) is 5.28. The van der Waals surface area contributed by atoms with Crippen LogP contribution in [0.3, 0.4) is 0 Å². The van der Waals surface area contributed by atoms with Crippen LogP contribution < -0.4 is 0 Å². The molecule has 0 aliphatic carbocycles. The molecule has 3 heteroatoms. The van der Waals surface area contributed by atoms with Crippen LogP contribution in [-0.4, -0.2) is 5.16 Å². The lowest BCUT2D eigenvalue weighted by atomic mass is 10.4. The second-order valence-corrected chi connectivity index (χ2v) is 2.00. The minimum Gasteiger partial charge on any atom is -0.349 e. The molecule has 0 aliphatic heterocycles. The van der Waals surface area contributed by atoms with Gasteiger partial charge in [-0.05, 0) is 22.9 Å². The molecule has 0 saturated heterocycles. The van der Waals surface area contributed by atoms with Gasteiger partial charge in [-0.2, -0.15) is 0 Å². The Balaban J connectivity index is 3.12. The summed E-state index contributed by atoms with van der Waals surface area (Å²) in [7, 11) is 0. The highest BCUT2D eigenvalue weighted by molar-refractivity contribution is 9.10. The van der Waals surface area contributed by atoms with Crippen molar-refractivity contribution in [1.82, 2.24) is 5.16 Å². The van der Waals surface area contributed by atoms with Crippen LogP contribution in [-0.2, 0) is 0 Å². The Labute approximate surface area is 49.6 Å². The van der Waals surface area contributed by atoms with E-state index in [0.717, 1.165) is 5.56 Å². The first kappa shape index (κ1) is 4.84. The summed E-state index contributed by atoms with van der Waals surface area (Å²) in [6.07, 6.45) is 1.66. The second kappa shape index (κ2) is 1.66. The van der Waals surface area contributed by atoms with Crippen LogP contribution in [0.1, 0.15) is 5.56 Å². The summed E-state index contributed by atoms with van der Waals surface area (Å²) in [6, 6.07) is 0. The molecule has 0 fully saturated rings. The zero-order valence-corrected chi connectivity index (χ0v) is 5.40. The Morgan fingerprint density at radius 3 is 2.71 bits per heavy atom. The molecule has 0 N–H and O–H groups in total. The number of rotatable bonds is 0. The molecule has 0 radical (unpaired) electrons. The second-order valence-electron chi connectivity index (χ2n) is 1.28. The summed E-state index contributed by atoms with van der Waals surface area (Å²) in [5.74, 6) is 0. The standard InChI is InChI=1S/C4H4BrNO/c1-3-2-6-7-4(3)5/h2H,1H3. The summed E-state index contributed by atoms with van der Waals surface area (Å²) < 4.78 is 5.35. The van der Waals surface area contributed by atoms with Gasteiger partial charge in [0.2, 0.25) is 4.67 Å². The van der Waals surface area contributed by atoms with E-state index < -0.39 is 0 Å². The van der Waals surface area contributed by atoms with Crippen molar-refractivity contribution in [3.05, 3.63) is 16.4 Å². The van der Waals surface area contributed by atoms with Crippen molar-refractivity contribution < 1.29 is 4.52 Å². The molecule has 38 valence electrons. The molecule has 1 heterocycles. The smallest absolute Gasteiger partial charge is 0.204 e. The first-order valence-electron chi connectivity index (χ1n) is 1.87. The Kier molecular flexibility index (Phi) is 1.15. The van der Waals surface area contributed by atoms with Gasteiger partial charge in [0.05, 0.1) is 6.20 Å². The molecule has 0 amide bonds. The van der Waals surface area contributed by atoms with E-state index in [1.807, 2.05) is 6.92 Å². The van der Waals surface area contributed by atoms with Gasteiger partial charge in [0, 0.05) is 5.56 Å². The van der Waals surface area contributed by atoms with E-state index in [2.05, 4.69) is 25.6 Å². The Hall–Kier alpha value is -0.310. The molecular formula is C4H4BrNO. The molecule has 0 atom stereocenters. The summed E-state index contributed by atoms with van der Waals surface area (Å²) in [5.41, 5.74) is 1.03. The monoisotopic (exact) mass is 161 g/mol. The van der Waals surface area contributed by atoms with E-state index in [0.29, 0.717) is 4.67 Å². The van der Waals surface area contributed by atoms with Gasteiger partial charge in [-0.25, -0.2) is 0 Å². The van der Waals surface area contributed by atoms with Crippen LogP contribution in [0.5, 0.6) is 0 Å². The normalized spacial score (nSPS) is 9.43. The molecule has 2 nitrogen and oxygen atoms in total. The fourth-order valence-corrected chi connectivity index (χ4v) is 0.460. The van der Waals surface area contributed by atoms with Crippen molar-refractivity contribution in [2.24, 2.45) is 0 Å². The highest BCUT2D eigenvalue weighted by atomic mass is 79.9. The van der Waals surface area contributed by atoms with Gasteiger partial charge in [-0.1, -0.05) is 5.16 Å². The minimum atomic E-state index is 0.715. The lowest BCUT2D eigenvalue weighted by Gasteiger charge is -1.72. The molecule has 1 rings (SSSR count). The number of aromatic nitrogens is 1. The molecule has 0 bridgehead atoms. The van der Waals surface area contributed by atoms with E-state index >= 15 is 0 Å². The highest BCUT2D eigenvalue weighted by Gasteiger charge is 1.93. The van der Waals surface area contributed by atoms with Gasteiger partial charge in [-0.15, -0.1) is 0 Å². The first-order chi connectivity index (χ1) is 3.30. The van der Waals surface area contributed by atoms with Crippen LogP contribution in [0.25, 0.3) is 0 Å². The maximum Gasteiger partial charge on any atom is 0.204 e. The van der Waals surface area contributed by atoms with Gasteiger partial charge in [-0.3, -0.25) is 0 Å². The number of hydrogen-bond acceptors (Lipinski definition) is 2. The molecule has 0 spiro atoms. The molecule has 0 aromatic carbocycles. The zero-order valence-electron chi connectivity index (χ0n) is 3.81. The largest absolute Gasteiger partial charge is 0.349 e. The molecule has 0 unspecified atom stereocenters. The number of aryl methyl sites for hydroxylation is 1. The molecule has 0 aliphatic rings. The predicted octanol–water partition coefficient (Wildman–Crippen LogP) is 1.75. The van der Waals surface area contributed by atoms with Crippen molar-refractivity contribution >= 4 is 15.9 Å². The molecule has 1 aromatic rings. The van der Waals surface area contributed by atoms with Crippen LogP contribution in [0.4, 0.5) is 0 Å². The molecule has 7 heavy (non-hydrogen) atoms. The van der Waals surface area contributed by atoms with Crippen molar-refractivity contribution in [3.63, 3.8) is 0 Å². The number of halogens is 1. The van der Waals surface area contributed by atoms with Crippen LogP contribution in [0.2, 0.25) is 0 Å². The first-order valence-corrected chi connectivity index (χ1v) is 2.67. The van der Waals surface area contributed by atoms with Gasteiger partial charge >= 0.3 is 0 Å². The summed E-state index contributed by atoms with van der Waals surface area (Å²) in [4.78, 5) is 0. The third-order valence-corrected chi connectivity index (χ3v) is 1.46. The summed E-state index contributed by atoms with van der Waals surface area (Å²) >= 11 is 3.14. The molecule has 1 aromatic heterocycles. The topological polar surface area (TPSA) is 26.0 Å². The molecule has 0 saturated carbocycles. The van der Waals surface area contributed by atoms with Crippen molar-refractivity contribution in [1.29, 1.82) is 0 Å². The van der Waals surface area contributed by atoms with E-state index in [9.17, 15) is 0 Å². The fourth-order valence-electron chi connectivity index (χ4n) is 0.274. The van der Waals surface area contributed by atoms with E-state index in [1.165, 1.54) is 0 Å². The number of nitrogens with zero attached hydrogens (tertiary/aromatic N) is 1. The maximum absolute atomic E-state index is 4.63. The van der Waals surface area contributed by atoms with Crippen LogP contribution in [0.15, 0.2) is 15.4 Å². The van der Waals surface area contributed by atoms with Crippen molar-refractivity contribution in [2.75, 3.05) is 0 Å². The van der Waals surface area contributed by atoms with Gasteiger partial charge in [0.25, 0.3) is 0 Å². The van der Waals surface area contributed by atoms with E-state index in [4.69, 9.17) is 0 Å². The lowest BCUT2D eigenvalue weighted by molar-refractivity contribution is 0.399. The van der Waals surface area contributed by atoms with Crippen molar-refractivity contribution in [2.45, 2.75) is 6.92 Å². The molecular weight excluding hydrogens is 158 g/mol. The van der Waals surface area contributed by atoms with Crippen molar-refractivity contribution in [3.8, 4) is 0 Å². The van der Waals surface area contributed by atoms with Crippen LogP contribution >= 0.6 is 15.9 Å². The van der Waals surface area contributed by atoms with Gasteiger partial charge in [0.15, 0.2) is 0 Å². The maximum atomic E-state index is 4.63. The number of hydrogen-bond donors (Lipinski definition) is 0. The Morgan fingerprint density at radius 1 is 1.86 bits per heavy atom. The SMILES string of the molecule is Cc1cnoc1Br. The Bertz CT molecular complexity index is 144. The van der Waals surface area contributed by atoms with Gasteiger partial charge in [0.1, 0.15) is 0 Å². The minimum absolute atomic E-state index is 0.715. The summed E-state index contributed by atoms with van der Waals surface area (Å²) in [6.45, 7) is 1.92. The van der Waals surface area contributed by atoms with E-state index in [-0.39, 0.29) is 0 Å². The quantitative estimate of drug-likeness (QED) is 0.580. The lowest BCUT2D eigenvalue weighted by Crippen LogP contribution is -1.56. The highest BCUT2D eigenvalue weighted by Crippen LogP contribution is 2.12. The van der Waals surface area contributed by atoms with Gasteiger partial charge < -0.3 is 4.52 Å². The summed E-state index contributed by atoms with van der Waals surface area (Å²) in [5, 5.41) is 3.50. The van der Waals surface area contributed by atoms with E-state index in [1.54, 1.807) is 6.20 Å². The fraction of sp³-hybridized carbons (Fsp3) is 0.250. The third kappa shape index (κ3) is 0.825. The van der Waals surface area contributed by atoms with Crippen LogP contribution in [0, 0.1) is 6.92 Å². The Morgan fingerprint density at radius 2 is 2.57 bits per heavy atom. The predicted molar refractivity (Wildman–Crippen MR) is 28.9 cm³/mol.